The highest BCUT2D eigenvalue weighted by Gasteiger charge is 2.33. The Morgan fingerprint density at radius 3 is 2.30 bits per heavy atom. The van der Waals surface area contributed by atoms with Gasteiger partial charge in [-0.15, -0.1) is 0 Å². The maximum Gasteiger partial charge on any atom is 0.264 e. The van der Waals surface area contributed by atoms with Crippen molar-refractivity contribution >= 4 is 43.5 Å². The lowest BCUT2D eigenvalue weighted by Gasteiger charge is -2.32. The number of amides is 2. The summed E-state index contributed by atoms with van der Waals surface area (Å²) in [5, 5.41) is 2.90. The Hall–Kier alpha value is -3.17. The fraction of sp³-hybridized carbons (Fsp3) is 0.355. The van der Waals surface area contributed by atoms with E-state index >= 15 is 0 Å². The standard InChI is InChI=1S/C31H38BrN3O4S/c1-6-7-18-33-31(37)25(5)34(20-26-11-9-12-27(32)19-26)30(36)21-35(29-13-8-10-23(3)24(29)4)40(38,39)28-16-14-22(2)15-17-28/h8-17,19,25H,6-7,18,20-21H2,1-5H3,(H,33,37)/t25-/m0/s1. The molecule has 40 heavy (non-hydrogen) atoms. The summed E-state index contributed by atoms with van der Waals surface area (Å²) in [4.78, 5) is 28.7. The first-order valence-corrected chi connectivity index (χ1v) is 15.7. The molecule has 0 spiro atoms. The summed E-state index contributed by atoms with van der Waals surface area (Å²) < 4.78 is 30.0. The molecule has 0 heterocycles. The lowest BCUT2D eigenvalue weighted by atomic mass is 10.1. The van der Waals surface area contributed by atoms with Crippen molar-refractivity contribution in [1.82, 2.24) is 10.2 Å². The number of carbonyl (C=O) groups excluding carboxylic acids is 2. The van der Waals surface area contributed by atoms with Crippen LogP contribution in [0.1, 0.15) is 48.9 Å². The minimum atomic E-state index is -4.10. The maximum absolute atomic E-state index is 14.0. The molecule has 3 aromatic carbocycles. The van der Waals surface area contributed by atoms with Gasteiger partial charge >= 0.3 is 0 Å². The van der Waals surface area contributed by atoms with Crippen molar-refractivity contribution in [1.29, 1.82) is 0 Å². The molecule has 1 N–H and O–H groups in total. The monoisotopic (exact) mass is 627 g/mol. The number of nitrogens with one attached hydrogen (secondary N) is 1. The average molecular weight is 629 g/mol. The summed E-state index contributed by atoms with van der Waals surface area (Å²) in [7, 11) is -4.10. The first kappa shape index (κ1) is 31.4. The van der Waals surface area contributed by atoms with Gasteiger partial charge in [-0.3, -0.25) is 13.9 Å². The van der Waals surface area contributed by atoms with E-state index in [2.05, 4.69) is 21.2 Å². The van der Waals surface area contributed by atoms with Gasteiger partial charge < -0.3 is 10.2 Å². The Morgan fingerprint density at radius 1 is 0.975 bits per heavy atom. The van der Waals surface area contributed by atoms with Gasteiger partial charge in [-0.1, -0.05) is 71.2 Å². The van der Waals surface area contributed by atoms with E-state index in [4.69, 9.17) is 0 Å². The molecule has 0 radical (unpaired) electrons. The molecular formula is C31H38BrN3O4S. The van der Waals surface area contributed by atoms with Gasteiger partial charge in [-0.2, -0.15) is 0 Å². The number of nitrogens with zero attached hydrogens (tertiary/aromatic N) is 2. The molecule has 0 saturated heterocycles. The Morgan fingerprint density at radius 2 is 1.65 bits per heavy atom. The average Bonchev–Trinajstić information content (AvgIpc) is 2.92. The molecule has 7 nitrogen and oxygen atoms in total. The summed E-state index contributed by atoms with van der Waals surface area (Å²) in [6.45, 7) is 9.54. The van der Waals surface area contributed by atoms with E-state index in [1.165, 1.54) is 4.90 Å². The molecular weight excluding hydrogens is 590 g/mol. The van der Waals surface area contributed by atoms with Crippen LogP contribution >= 0.6 is 15.9 Å². The highest BCUT2D eigenvalue weighted by Crippen LogP contribution is 2.29. The molecule has 0 unspecified atom stereocenters. The molecule has 0 fully saturated rings. The predicted molar refractivity (Wildman–Crippen MR) is 164 cm³/mol. The fourth-order valence-electron chi connectivity index (χ4n) is 4.31. The molecule has 214 valence electrons. The third-order valence-corrected chi connectivity index (χ3v) is 9.24. The second-order valence-corrected chi connectivity index (χ2v) is 12.8. The zero-order valence-electron chi connectivity index (χ0n) is 23.8. The van der Waals surface area contributed by atoms with Crippen LogP contribution in [0.2, 0.25) is 0 Å². The number of hydrogen-bond acceptors (Lipinski definition) is 4. The van der Waals surface area contributed by atoms with E-state index < -0.39 is 28.5 Å². The number of rotatable bonds is 12. The van der Waals surface area contributed by atoms with Gasteiger partial charge in [0.25, 0.3) is 10.0 Å². The van der Waals surface area contributed by atoms with Crippen molar-refractivity contribution < 1.29 is 18.0 Å². The summed E-state index contributed by atoms with van der Waals surface area (Å²) >= 11 is 3.47. The van der Waals surface area contributed by atoms with Crippen molar-refractivity contribution in [3.63, 3.8) is 0 Å². The molecule has 3 aromatic rings. The van der Waals surface area contributed by atoms with Crippen molar-refractivity contribution in [3.8, 4) is 0 Å². The number of halogens is 1. The Kier molecular flexibility index (Phi) is 10.9. The smallest absolute Gasteiger partial charge is 0.264 e. The van der Waals surface area contributed by atoms with Gasteiger partial charge in [0, 0.05) is 17.6 Å². The lowest BCUT2D eigenvalue weighted by Crippen LogP contribution is -2.51. The summed E-state index contributed by atoms with van der Waals surface area (Å²) in [6, 6.07) is 18.6. The maximum atomic E-state index is 14.0. The number of aryl methyl sites for hydroxylation is 2. The van der Waals surface area contributed by atoms with Crippen molar-refractivity contribution in [2.75, 3.05) is 17.4 Å². The molecule has 0 aliphatic carbocycles. The highest BCUT2D eigenvalue weighted by atomic mass is 79.9. The second kappa shape index (κ2) is 13.9. The van der Waals surface area contributed by atoms with E-state index in [1.807, 2.05) is 58.0 Å². The predicted octanol–water partition coefficient (Wildman–Crippen LogP) is 5.90. The van der Waals surface area contributed by atoms with Crippen molar-refractivity contribution in [3.05, 3.63) is 93.5 Å². The van der Waals surface area contributed by atoms with Crippen LogP contribution < -0.4 is 9.62 Å². The SMILES string of the molecule is CCCCNC(=O)[C@H](C)N(Cc1cccc(Br)c1)C(=O)CN(c1cccc(C)c1C)S(=O)(=O)c1ccc(C)cc1. The van der Waals surface area contributed by atoms with Crippen molar-refractivity contribution in [2.45, 2.75) is 64.9 Å². The summed E-state index contributed by atoms with van der Waals surface area (Å²) in [6.07, 6.45) is 1.75. The van der Waals surface area contributed by atoms with Gasteiger partial charge in [0.15, 0.2) is 0 Å². The van der Waals surface area contributed by atoms with Gasteiger partial charge in [-0.05, 0) is 81.1 Å². The lowest BCUT2D eigenvalue weighted by molar-refractivity contribution is -0.139. The topological polar surface area (TPSA) is 86.8 Å². The van der Waals surface area contributed by atoms with E-state index in [0.29, 0.717) is 12.2 Å². The molecule has 0 aliphatic rings. The van der Waals surface area contributed by atoms with E-state index in [0.717, 1.165) is 43.9 Å². The highest BCUT2D eigenvalue weighted by molar-refractivity contribution is 9.10. The first-order chi connectivity index (χ1) is 18.9. The molecule has 9 heteroatoms. The molecule has 0 bridgehead atoms. The number of sulfonamides is 1. The third-order valence-electron chi connectivity index (χ3n) is 6.97. The number of hydrogen-bond donors (Lipinski definition) is 1. The Bertz CT molecular complexity index is 1440. The zero-order valence-corrected chi connectivity index (χ0v) is 26.2. The first-order valence-electron chi connectivity index (χ1n) is 13.4. The van der Waals surface area contributed by atoms with E-state index in [-0.39, 0.29) is 17.3 Å². The van der Waals surface area contributed by atoms with Crippen LogP contribution in [0.3, 0.4) is 0 Å². The van der Waals surface area contributed by atoms with Crippen LogP contribution in [0.15, 0.2) is 76.1 Å². The molecule has 2 amide bonds. The molecule has 1 atom stereocenters. The molecule has 3 rings (SSSR count). The van der Waals surface area contributed by atoms with Crippen LogP contribution in [-0.4, -0.2) is 44.3 Å². The van der Waals surface area contributed by atoms with Crippen LogP contribution in [0.4, 0.5) is 5.69 Å². The normalized spacial score (nSPS) is 12.1. The molecule has 0 saturated carbocycles. The number of carbonyl (C=O) groups is 2. The van der Waals surface area contributed by atoms with Gasteiger partial charge in [0.1, 0.15) is 12.6 Å². The van der Waals surface area contributed by atoms with E-state index in [1.54, 1.807) is 43.3 Å². The number of anilines is 1. The quantitative estimate of drug-likeness (QED) is 0.253. The van der Waals surface area contributed by atoms with Crippen LogP contribution in [0.25, 0.3) is 0 Å². The number of benzene rings is 3. The summed E-state index contributed by atoms with van der Waals surface area (Å²) in [5.74, 6) is -0.758. The van der Waals surface area contributed by atoms with E-state index in [9.17, 15) is 18.0 Å². The largest absolute Gasteiger partial charge is 0.354 e. The second-order valence-electron chi connectivity index (χ2n) is 10.0. The minimum Gasteiger partial charge on any atom is -0.354 e. The molecule has 0 aliphatic heterocycles. The molecule has 0 aromatic heterocycles. The van der Waals surface area contributed by atoms with Gasteiger partial charge in [0.2, 0.25) is 11.8 Å². The van der Waals surface area contributed by atoms with Gasteiger partial charge in [-0.25, -0.2) is 8.42 Å². The Balaban J connectivity index is 2.04. The summed E-state index contributed by atoms with van der Waals surface area (Å²) in [5.41, 5.74) is 3.84. The Labute approximate surface area is 246 Å². The number of unbranched alkanes of at least 4 members (excludes halogenated alkanes) is 1. The minimum absolute atomic E-state index is 0.0932. The fourth-order valence-corrected chi connectivity index (χ4v) is 6.23. The van der Waals surface area contributed by atoms with Crippen molar-refractivity contribution in [2.24, 2.45) is 0 Å². The van der Waals surface area contributed by atoms with Crippen LogP contribution in [-0.2, 0) is 26.2 Å². The zero-order chi connectivity index (χ0) is 29.4. The van der Waals surface area contributed by atoms with Gasteiger partial charge in [0.05, 0.1) is 10.6 Å². The van der Waals surface area contributed by atoms with Crippen LogP contribution in [0, 0.1) is 20.8 Å². The third kappa shape index (κ3) is 7.73. The van der Waals surface area contributed by atoms with Crippen LogP contribution in [0.5, 0.6) is 0 Å².